The van der Waals surface area contributed by atoms with Crippen molar-refractivity contribution in [3.63, 3.8) is 0 Å². The average molecular weight is 253 g/mol. The lowest BCUT2D eigenvalue weighted by Gasteiger charge is -2.32. The zero-order chi connectivity index (χ0) is 13.0. The summed E-state index contributed by atoms with van der Waals surface area (Å²) in [5.41, 5.74) is 0. The molecule has 0 unspecified atom stereocenters. The summed E-state index contributed by atoms with van der Waals surface area (Å²) in [4.78, 5) is 14.7. The van der Waals surface area contributed by atoms with Gasteiger partial charge in [0.25, 0.3) is 0 Å². The van der Waals surface area contributed by atoms with Crippen LogP contribution in [0, 0.1) is 11.8 Å². The van der Waals surface area contributed by atoms with Crippen molar-refractivity contribution in [1.29, 1.82) is 0 Å². The molecule has 4 heteroatoms. The highest BCUT2D eigenvalue weighted by Gasteiger charge is 2.31. The van der Waals surface area contributed by atoms with E-state index in [0.717, 1.165) is 39.0 Å². The van der Waals surface area contributed by atoms with Gasteiger partial charge in [-0.3, -0.25) is 4.79 Å². The fraction of sp³-hybridized carbons (Fsp3) is 0.929. The van der Waals surface area contributed by atoms with Crippen LogP contribution in [0.1, 0.15) is 33.1 Å². The van der Waals surface area contributed by atoms with Gasteiger partial charge < -0.3 is 15.5 Å². The molecule has 4 nitrogen and oxygen atoms in total. The Morgan fingerprint density at radius 3 is 2.61 bits per heavy atom. The largest absolute Gasteiger partial charge is 0.353 e. The zero-order valence-electron chi connectivity index (χ0n) is 11.7. The number of amides is 1. The van der Waals surface area contributed by atoms with E-state index in [2.05, 4.69) is 29.4 Å². The maximum Gasteiger partial charge on any atom is 0.224 e. The Kier molecular flexibility index (Phi) is 5.01. The molecule has 0 aliphatic carbocycles. The molecule has 2 aliphatic heterocycles. The monoisotopic (exact) mass is 253 g/mol. The molecule has 0 aromatic rings. The van der Waals surface area contributed by atoms with Gasteiger partial charge in [-0.05, 0) is 38.3 Å². The van der Waals surface area contributed by atoms with Crippen LogP contribution in [0.3, 0.4) is 0 Å². The van der Waals surface area contributed by atoms with Crippen molar-refractivity contribution in [3.05, 3.63) is 0 Å². The molecule has 0 bridgehead atoms. The van der Waals surface area contributed by atoms with Crippen LogP contribution in [0.25, 0.3) is 0 Å². The molecule has 0 saturated carbocycles. The standard InChI is InChI=1S/C14H27N3O/c1-3-6-17-7-4-12(5-8-17)16-14(18)13-10-15-9-11(13)2/h11-13,15H,3-10H2,1-2H3,(H,16,18)/t11-,13-/m1/s1. The van der Waals surface area contributed by atoms with Crippen LogP contribution < -0.4 is 10.6 Å². The minimum atomic E-state index is 0.179. The highest BCUT2D eigenvalue weighted by atomic mass is 16.2. The smallest absolute Gasteiger partial charge is 0.224 e. The molecule has 2 saturated heterocycles. The lowest BCUT2D eigenvalue weighted by Crippen LogP contribution is -2.47. The zero-order valence-corrected chi connectivity index (χ0v) is 11.7. The molecule has 104 valence electrons. The summed E-state index contributed by atoms with van der Waals surface area (Å²) < 4.78 is 0. The van der Waals surface area contributed by atoms with Crippen LogP contribution in [0.4, 0.5) is 0 Å². The van der Waals surface area contributed by atoms with Crippen molar-refractivity contribution in [2.24, 2.45) is 11.8 Å². The fourth-order valence-electron chi connectivity index (χ4n) is 3.09. The Labute approximate surface area is 110 Å². The van der Waals surface area contributed by atoms with Crippen LogP contribution in [0.2, 0.25) is 0 Å². The average Bonchev–Trinajstić information content (AvgIpc) is 2.78. The van der Waals surface area contributed by atoms with E-state index in [1.165, 1.54) is 13.0 Å². The predicted octanol–water partition coefficient (Wildman–Crippen LogP) is 0.833. The molecule has 1 amide bonds. The normalized spacial score (nSPS) is 30.6. The molecular formula is C14H27N3O. The summed E-state index contributed by atoms with van der Waals surface area (Å²) >= 11 is 0. The van der Waals surface area contributed by atoms with E-state index in [9.17, 15) is 4.79 Å². The van der Waals surface area contributed by atoms with E-state index in [1.54, 1.807) is 0 Å². The summed E-state index contributed by atoms with van der Waals surface area (Å²) in [7, 11) is 0. The Balaban J connectivity index is 1.72. The van der Waals surface area contributed by atoms with E-state index in [1.807, 2.05) is 0 Å². The first-order chi connectivity index (χ1) is 8.70. The van der Waals surface area contributed by atoms with Crippen molar-refractivity contribution in [2.45, 2.75) is 39.2 Å². The Hall–Kier alpha value is -0.610. The number of rotatable bonds is 4. The molecule has 0 spiro atoms. The number of hydrogen-bond acceptors (Lipinski definition) is 3. The number of nitrogens with zero attached hydrogens (tertiary/aromatic N) is 1. The molecule has 2 fully saturated rings. The molecule has 2 atom stereocenters. The van der Waals surface area contributed by atoms with E-state index >= 15 is 0 Å². The summed E-state index contributed by atoms with van der Waals surface area (Å²) in [6.45, 7) is 9.68. The second-order valence-electron chi connectivity index (χ2n) is 5.87. The first-order valence-corrected chi connectivity index (χ1v) is 7.44. The van der Waals surface area contributed by atoms with Gasteiger partial charge in [-0.1, -0.05) is 13.8 Å². The molecule has 2 aliphatic rings. The van der Waals surface area contributed by atoms with Gasteiger partial charge in [0.15, 0.2) is 0 Å². The molecule has 0 radical (unpaired) electrons. The highest BCUT2D eigenvalue weighted by Crippen LogP contribution is 2.17. The van der Waals surface area contributed by atoms with Crippen LogP contribution in [0.5, 0.6) is 0 Å². The van der Waals surface area contributed by atoms with Gasteiger partial charge in [-0.25, -0.2) is 0 Å². The number of piperidine rings is 1. The quantitative estimate of drug-likeness (QED) is 0.780. The fourth-order valence-corrected chi connectivity index (χ4v) is 3.09. The lowest BCUT2D eigenvalue weighted by molar-refractivity contribution is -0.126. The first-order valence-electron chi connectivity index (χ1n) is 7.44. The van der Waals surface area contributed by atoms with Crippen LogP contribution in [-0.2, 0) is 4.79 Å². The van der Waals surface area contributed by atoms with Gasteiger partial charge in [0, 0.05) is 25.7 Å². The SMILES string of the molecule is CCCN1CCC(NC(=O)[C@@H]2CNC[C@H]2C)CC1. The van der Waals surface area contributed by atoms with E-state index in [-0.39, 0.29) is 11.8 Å². The summed E-state index contributed by atoms with van der Waals surface area (Å²) in [6, 6.07) is 0.401. The van der Waals surface area contributed by atoms with Crippen LogP contribution >= 0.6 is 0 Å². The van der Waals surface area contributed by atoms with E-state index in [0.29, 0.717) is 12.0 Å². The molecule has 0 aromatic heterocycles. The molecular weight excluding hydrogens is 226 g/mol. The minimum absolute atomic E-state index is 0.179. The predicted molar refractivity (Wildman–Crippen MR) is 73.4 cm³/mol. The number of hydrogen-bond donors (Lipinski definition) is 2. The summed E-state index contributed by atoms with van der Waals surface area (Å²) in [6.07, 6.45) is 3.45. The van der Waals surface area contributed by atoms with Gasteiger partial charge >= 0.3 is 0 Å². The van der Waals surface area contributed by atoms with Gasteiger partial charge in [-0.2, -0.15) is 0 Å². The Bertz CT molecular complexity index is 274. The van der Waals surface area contributed by atoms with Gasteiger partial charge in [0.2, 0.25) is 5.91 Å². The van der Waals surface area contributed by atoms with Crippen LogP contribution in [-0.4, -0.2) is 49.6 Å². The second-order valence-corrected chi connectivity index (χ2v) is 5.87. The first kappa shape index (κ1) is 13.8. The third-order valence-corrected chi connectivity index (χ3v) is 4.33. The van der Waals surface area contributed by atoms with Crippen molar-refractivity contribution >= 4 is 5.91 Å². The summed E-state index contributed by atoms with van der Waals surface area (Å²) in [5, 5.41) is 6.54. The van der Waals surface area contributed by atoms with Crippen molar-refractivity contribution in [3.8, 4) is 0 Å². The van der Waals surface area contributed by atoms with Crippen molar-refractivity contribution in [2.75, 3.05) is 32.7 Å². The number of likely N-dealkylation sites (tertiary alicyclic amines) is 1. The second kappa shape index (κ2) is 6.53. The van der Waals surface area contributed by atoms with E-state index in [4.69, 9.17) is 0 Å². The molecule has 2 heterocycles. The number of carbonyl (C=O) groups excluding carboxylic acids is 1. The highest BCUT2D eigenvalue weighted by molar-refractivity contribution is 5.79. The Morgan fingerprint density at radius 2 is 2.06 bits per heavy atom. The van der Waals surface area contributed by atoms with Gasteiger partial charge in [-0.15, -0.1) is 0 Å². The molecule has 0 aromatic carbocycles. The topological polar surface area (TPSA) is 44.4 Å². The minimum Gasteiger partial charge on any atom is -0.353 e. The maximum absolute atomic E-state index is 12.2. The number of carbonyl (C=O) groups is 1. The van der Waals surface area contributed by atoms with Crippen molar-refractivity contribution in [1.82, 2.24) is 15.5 Å². The molecule has 2 N–H and O–H groups in total. The van der Waals surface area contributed by atoms with Gasteiger partial charge in [0.1, 0.15) is 0 Å². The van der Waals surface area contributed by atoms with E-state index < -0.39 is 0 Å². The van der Waals surface area contributed by atoms with Crippen molar-refractivity contribution < 1.29 is 4.79 Å². The van der Waals surface area contributed by atoms with Gasteiger partial charge in [0.05, 0.1) is 5.92 Å². The molecule has 2 rings (SSSR count). The third kappa shape index (κ3) is 3.45. The lowest BCUT2D eigenvalue weighted by atomic mass is 9.96. The maximum atomic E-state index is 12.2. The third-order valence-electron chi connectivity index (χ3n) is 4.33. The molecule has 18 heavy (non-hydrogen) atoms. The Morgan fingerprint density at radius 1 is 1.33 bits per heavy atom. The number of nitrogens with one attached hydrogen (secondary N) is 2. The van der Waals surface area contributed by atoms with Crippen LogP contribution in [0.15, 0.2) is 0 Å². The summed E-state index contributed by atoms with van der Waals surface area (Å²) in [5.74, 6) is 0.922.